The predicted octanol–water partition coefficient (Wildman–Crippen LogP) is 3.19. The largest absolute Gasteiger partial charge is 0.422 e. The summed E-state index contributed by atoms with van der Waals surface area (Å²) in [6, 6.07) is 12.0. The van der Waals surface area contributed by atoms with Crippen molar-refractivity contribution in [3.8, 4) is 0 Å². The maximum Gasteiger partial charge on any atom is 0.312 e. The Morgan fingerprint density at radius 2 is 1.50 bits per heavy atom. The molecule has 1 heterocycles. The van der Waals surface area contributed by atoms with Gasteiger partial charge in [0.1, 0.15) is 5.82 Å². The van der Waals surface area contributed by atoms with Gasteiger partial charge in [-0.3, -0.25) is 14.4 Å². The summed E-state index contributed by atoms with van der Waals surface area (Å²) in [5.74, 6) is -2.62. The van der Waals surface area contributed by atoms with Crippen LogP contribution in [0.4, 0.5) is 4.39 Å². The molecule has 5 heteroatoms. The lowest BCUT2D eigenvalue weighted by Gasteiger charge is -2.29. The third-order valence-electron chi connectivity index (χ3n) is 4.32. The summed E-state index contributed by atoms with van der Waals surface area (Å²) in [4.78, 5) is 37.4. The number of esters is 1. The molecule has 1 aliphatic carbocycles. The standard InChI is InChI=1S/C19H11FO4/c20-11-7-5-10(6-8-11)14-9-15(21)24-19-16(14)17(22)12-3-1-2-4-13(12)18(19)23/h1-8,14H,9H2. The molecule has 0 spiro atoms. The number of allylic oxidation sites excluding steroid dienone is 2. The first kappa shape index (κ1) is 14.5. The molecule has 4 nitrogen and oxygen atoms in total. The van der Waals surface area contributed by atoms with E-state index in [0.29, 0.717) is 11.1 Å². The minimum Gasteiger partial charge on any atom is -0.422 e. The number of ether oxygens (including phenoxy) is 1. The third kappa shape index (κ3) is 2.09. The predicted molar refractivity (Wildman–Crippen MR) is 82.0 cm³/mol. The number of hydrogen-bond donors (Lipinski definition) is 0. The molecule has 4 rings (SSSR count). The fraction of sp³-hybridized carbons (Fsp3) is 0.105. The number of halogens is 1. The Morgan fingerprint density at radius 1 is 0.875 bits per heavy atom. The van der Waals surface area contributed by atoms with Crippen LogP contribution in [0.5, 0.6) is 0 Å². The maximum atomic E-state index is 13.2. The number of benzene rings is 2. The Morgan fingerprint density at radius 3 is 2.17 bits per heavy atom. The summed E-state index contributed by atoms with van der Waals surface area (Å²) in [6.45, 7) is 0. The molecule has 0 amide bonds. The molecule has 1 aliphatic heterocycles. The van der Waals surface area contributed by atoms with Gasteiger partial charge in [-0.2, -0.15) is 0 Å². The molecule has 2 aromatic carbocycles. The summed E-state index contributed by atoms with van der Waals surface area (Å²) >= 11 is 0. The minimum atomic E-state index is -0.619. The molecule has 0 fully saturated rings. The van der Waals surface area contributed by atoms with Gasteiger partial charge in [-0.05, 0) is 17.7 Å². The van der Waals surface area contributed by atoms with Gasteiger partial charge in [0.05, 0.1) is 12.0 Å². The fourth-order valence-corrected chi connectivity index (χ4v) is 3.19. The Hall–Kier alpha value is -3.08. The van der Waals surface area contributed by atoms with E-state index in [-0.39, 0.29) is 29.1 Å². The van der Waals surface area contributed by atoms with Crippen molar-refractivity contribution in [1.29, 1.82) is 0 Å². The highest BCUT2D eigenvalue weighted by Gasteiger charge is 2.42. The highest BCUT2D eigenvalue weighted by molar-refractivity contribution is 6.27. The van der Waals surface area contributed by atoms with Gasteiger partial charge in [-0.1, -0.05) is 36.4 Å². The quantitative estimate of drug-likeness (QED) is 0.757. The van der Waals surface area contributed by atoms with Crippen LogP contribution in [0, 0.1) is 5.82 Å². The minimum absolute atomic E-state index is 0.0638. The van der Waals surface area contributed by atoms with E-state index in [2.05, 4.69) is 0 Å². The molecule has 0 N–H and O–H groups in total. The zero-order valence-corrected chi connectivity index (χ0v) is 12.4. The normalized spacial score (nSPS) is 19.7. The Bertz CT molecular complexity index is 925. The molecule has 2 aliphatic rings. The number of hydrogen-bond acceptors (Lipinski definition) is 4. The molecular formula is C19H11FO4. The number of carbonyl (C=O) groups is 3. The average molecular weight is 322 g/mol. The lowest BCUT2D eigenvalue weighted by molar-refractivity contribution is -0.140. The van der Waals surface area contributed by atoms with Crippen LogP contribution in [0.25, 0.3) is 0 Å². The van der Waals surface area contributed by atoms with E-state index >= 15 is 0 Å². The maximum absolute atomic E-state index is 13.2. The first-order valence-electron chi connectivity index (χ1n) is 7.45. The molecule has 24 heavy (non-hydrogen) atoms. The second-order valence-electron chi connectivity index (χ2n) is 5.73. The van der Waals surface area contributed by atoms with E-state index in [1.165, 1.54) is 30.3 Å². The molecule has 1 atom stereocenters. The van der Waals surface area contributed by atoms with Crippen molar-refractivity contribution in [2.24, 2.45) is 0 Å². The van der Waals surface area contributed by atoms with E-state index in [1.54, 1.807) is 18.2 Å². The van der Waals surface area contributed by atoms with Gasteiger partial charge in [0.2, 0.25) is 5.78 Å². The number of fused-ring (bicyclic) bond motifs is 1. The van der Waals surface area contributed by atoms with Gasteiger partial charge in [-0.25, -0.2) is 4.39 Å². The van der Waals surface area contributed by atoms with E-state index < -0.39 is 23.5 Å². The van der Waals surface area contributed by atoms with Crippen LogP contribution in [0.2, 0.25) is 0 Å². The fourth-order valence-electron chi connectivity index (χ4n) is 3.19. The highest BCUT2D eigenvalue weighted by atomic mass is 19.1. The van der Waals surface area contributed by atoms with Gasteiger partial charge in [0, 0.05) is 17.0 Å². The lowest BCUT2D eigenvalue weighted by atomic mass is 9.77. The van der Waals surface area contributed by atoms with Crippen LogP contribution in [0.1, 0.15) is 38.6 Å². The Balaban J connectivity index is 1.90. The van der Waals surface area contributed by atoms with Crippen molar-refractivity contribution in [1.82, 2.24) is 0 Å². The summed E-state index contributed by atoms with van der Waals surface area (Å²) in [7, 11) is 0. The molecular weight excluding hydrogens is 311 g/mol. The van der Waals surface area contributed by atoms with Crippen LogP contribution in [-0.2, 0) is 9.53 Å². The van der Waals surface area contributed by atoms with E-state index in [4.69, 9.17) is 4.74 Å². The second kappa shape index (κ2) is 5.23. The van der Waals surface area contributed by atoms with Crippen molar-refractivity contribution in [3.05, 3.63) is 82.4 Å². The van der Waals surface area contributed by atoms with Crippen LogP contribution in [0.3, 0.4) is 0 Å². The van der Waals surface area contributed by atoms with Crippen molar-refractivity contribution in [2.75, 3.05) is 0 Å². The average Bonchev–Trinajstić information content (AvgIpc) is 2.59. The number of carbonyl (C=O) groups excluding carboxylic acids is 3. The first-order valence-corrected chi connectivity index (χ1v) is 7.45. The van der Waals surface area contributed by atoms with Crippen molar-refractivity contribution in [2.45, 2.75) is 12.3 Å². The van der Waals surface area contributed by atoms with Crippen LogP contribution in [0.15, 0.2) is 59.9 Å². The molecule has 1 unspecified atom stereocenters. The van der Waals surface area contributed by atoms with E-state index in [0.717, 1.165) is 0 Å². The Kier molecular flexibility index (Phi) is 3.16. The monoisotopic (exact) mass is 322 g/mol. The highest BCUT2D eigenvalue weighted by Crippen LogP contribution is 2.41. The summed E-state index contributed by atoms with van der Waals surface area (Å²) < 4.78 is 18.3. The van der Waals surface area contributed by atoms with Crippen LogP contribution in [-0.4, -0.2) is 17.5 Å². The first-order chi connectivity index (χ1) is 11.6. The van der Waals surface area contributed by atoms with Crippen LogP contribution < -0.4 is 0 Å². The van der Waals surface area contributed by atoms with Crippen LogP contribution >= 0.6 is 0 Å². The molecule has 0 radical (unpaired) electrons. The van der Waals surface area contributed by atoms with E-state index in [9.17, 15) is 18.8 Å². The number of Topliss-reactive ketones (excluding diaryl/α,β-unsaturated/α-hetero) is 2. The van der Waals surface area contributed by atoms with Gasteiger partial charge in [-0.15, -0.1) is 0 Å². The molecule has 0 saturated heterocycles. The van der Waals surface area contributed by atoms with Crippen molar-refractivity contribution in [3.63, 3.8) is 0 Å². The van der Waals surface area contributed by atoms with Gasteiger partial charge in [0.25, 0.3) is 0 Å². The smallest absolute Gasteiger partial charge is 0.312 e. The molecule has 118 valence electrons. The Labute approximate surface area is 136 Å². The SMILES string of the molecule is O=C1CC(c2ccc(F)cc2)C2=C(O1)C(=O)c1ccccc1C2=O. The number of rotatable bonds is 1. The number of ketones is 2. The van der Waals surface area contributed by atoms with E-state index in [1.807, 2.05) is 0 Å². The van der Waals surface area contributed by atoms with Crippen molar-refractivity contribution >= 4 is 17.5 Å². The summed E-state index contributed by atoms with van der Waals surface area (Å²) in [5.41, 5.74) is 1.30. The zero-order valence-electron chi connectivity index (χ0n) is 12.4. The zero-order chi connectivity index (χ0) is 16.8. The van der Waals surface area contributed by atoms with Crippen molar-refractivity contribution < 1.29 is 23.5 Å². The topological polar surface area (TPSA) is 60.4 Å². The summed E-state index contributed by atoms with van der Waals surface area (Å²) in [6.07, 6.45) is -0.0638. The van der Waals surface area contributed by atoms with Gasteiger partial charge in [0.15, 0.2) is 11.5 Å². The molecule has 0 bridgehead atoms. The molecule has 0 aromatic heterocycles. The second-order valence-corrected chi connectivity index (χ2v) is 5.73. The third-order valence-corrected chi connectivity index (χ3v) is 4.32. The lowest BCUT2D eigenvalue weighted by Crippen LogP contribution is -2.32. The van der Waals surface area contributed by atoms with Gasteiger partial charge >= 0.3 is 5.97 Å². The van der Waals surface area contributed by atoms with Gasteiger partial charge < -0.3 is 4.74 Å². The summed E-state index contributed by atoms with van der Waals surface area (Å²) in [5, 5.41) is 0. The molecule has 0 saturated carbocycles. The molecule has 2 aromatic rings.